The second-order valence-corrected chi connectivity index (χ2v) is 7.39. The van der Waals surface area contributed by atoms with Gasteiger partial charge in [0, 0.05) is 5.39 Å². The van der Waals surface area contributed by atoms with Crippen molar-refractivity contribution in [3.05, 3.63) is 75.7 Å². The van der Waals surface area contributed by atoms with Crippen LogP contribution < -0.4 is 10.9 Å². The maximum Gasteiger partial charge on any atom is 0.275 e. The molecule has 27 heavy (non-hydrogen) atoms. The molecule has 3 aromatic rings. The first-order valence-electron chi connectivity index (χ1n) is 9.35. The fraction of sp³-hybridized carbons (Fsp3) is 0.318. The Bertz CT molecular complexity index is 1050. The molecular weight excluding hydrogens is 338 g/mol. The molecule has 1 aromatic heterocycles. The fourth-order valence-electron chi connectivity index (χ4n) is 3.54. The predicted octanol–water partition coefficient (Wildman–Crippen LogP) is 3.28. The van der Waals surface area contributed by atoms with E-state index in [1.54, 1.807) is 6.07 Å². The zero-order valence-corrected chi connectivity index (χ0v) is 15.6. The van der Waals surface area contributed by atoms with E-state index in [2.05, 4.69) is 41.6 Å². The zero-order valence-electron chi connectivity index (χ0n) is 15.6. The molecule has 0 bridgehead atoms. The number of aromatic nitrogens is 2. The first kappa shape index (κ1) is 17.5. The van der Waals surface area contributed by atoms with E-state index in [1.807, 2.05) is 25.1 Å². The second kappa shape index (κ2) is 6.99. The lowest BCUT2D eigenvalue weighted by Gasteiger charge is -2.19. The van der Waals surface area contributed by atoms with E-state index in [0.717, 1.165) is 29.5 Å². The van der Waals surface area contributed by atoms with E-state index in [-0.39, 0.29) is 24.1 Å². The molecule has 5 heteroatoms. The van der Waals surface area contributed by atoms with Crippen LogP contribution in [0.15, 0.2) is 53.3 Å². The average molecular weight is 361 g/mol. The van der Waals surface area contributed by atoms with Crippen molar-refractivity contribution in [3.8, 4) is 0 Å². The highest BCUT2D eigenvalue weighted by atomic mass is 16.2. The molecule has 0 aliphatic heterocycles. The summed E-state index contributed by atoms with van der Waals surface area (Å²) in [5.74, 6) is 0.288. The van der Waals surface area contributed by atoms with Gasteiger partial charge < -0.3 is 5.32 Å². The van der Waals surface area contributed by atoms with E-state index in [1.165, 1.54) is 10.2 Å². The standard InChI is InChI=1S/C22H23N3O2/c1-14-7-9-16(10-8-14)21(17-11-12-17)23-20(26)13-25-22(27)19-6-4-3-5-18(19)15(2)24-25/h3-10,17,21H,11-13H2,1-2H3,(H,23,26). The van der Waals surface area contributed by atoms with Crippen molar-refractivity contribution in [1.29, 1.82) is 0 Å². The molecule has 1 unspecified atom stereocenters. The van der Waals surface area contributed by atoms with Crippen LogP contribution in [0.1, 0.15) is 35.7 Å². The Hall–Kier alpha value is -2.95. The van der Waals surface area contributed by atoms with E-state index in [9.17, 15) is 9.59 Å². The maximum absolute atomic E-state index is 12.7. The fourth-order valence-corrected chi connectivity index (χ4v) is 3.54. The van der Waals surface area contributed by atoms with Crippen molar-refractivity contribution in [1.82, 2.24) is 15.1 Å². The van der Waals surface area contributed by atoms with Crippen molar-refractivity contribution < 1.29 is 4.79 Å². The summed E-state index contributed by atoms with van der Waals surface area (Å²) in [6.45, 7) is 3.84. The number of carbonyl (C=O) groups excluding carboxylic acids is 1. The maximum atomic E-state index is 12.7. The number of nitrogens with one attached hydrogen (secondary N) is 1. The number of benzene rings is 2. The van der Waals surface area contributed by atoms with Crippen LogP contribution in [-0.4, -0.2) is 15.7 Å². The molecule has 0 spiro atoms. The molecule has 0 radical (unpaired) electrons. The van der Waals surface area contributed by atoms with Crippen molar-refractivity contribution in [2.24, 2.45) is 5.92 Å². The van der Waals surface area contributed by atoms with Gasteiger partial charge in [-0.05, 0) is 44.2 Å². The van der Waals surface area contributed by atoms with Crippen LogP contribution in [0.25, 0.3) is 10.8 Å². The third-order valence-corrected chi connectivity index (χ3v) is 5.19. The molecular formula is C22H23N3O2. The van der Waals surface area contributed by atoms with Crippen molar-refractivity contribution in [3.63, 3.8) is 0 Å². The van der Waals surface area contributed by atoms with Gasteiger partial charge in [-0.1, -0.05) is 48.0 Å². The van der Waals surface area contributed by atoms with Crippen LogP contribution in [0.2, 0.25) is 0 Å². The minimum Gasteiger partial charge on any atom is -0.347 e. The molecule has 1 heterocycles. The van der Waals surface area contributed by atoms with Crippen LogP contribution >= 0.6 is 0 Å². The Morgan fingerprint density at radius 1 is 1.11 bits per heavy atom. The number of hydrogen-bond acceptors (Lipinski definition) is 3. The Balaban J connectivity index is 1.57. The van der Waals surface area contributed by atoms with Gasteiger partial charge in [0.2, 0.25) is 5.91 Å². The number of rotatable bonds is 5. The Kier molecular flexibility index (Phi) is 4.52. The van der Waals surface area contributed by atoms with Gasteiger partial charge in [0.05, 0.1) is 17.1 Å². The van der Waals surface area contributed by atoms with Crippen LogP contribution in [0.4, 0.5) is 0 Å². The van der Waals surface area contributed by atoms with Crippen LogP contribution in [0, 0.1) is 19.8 Å². The molecule has 1 aliphatic carbocycles. The van der Waals surface area contributed by atoms with E-state index >= 15 is 0 Å². The quantitative estimate of drug-likeness (QED) is 0.758. The normalized spacial score (nSPS) is 14.9. The summed E-state index contributed by atoms with van der Waals surface area (Å²) in [4.78, 5) is 25.4. The third-order valence-electron chi connectivity index (χ3n) is 5.19. The highest BCUT2D eigenvalue weighted by molar-refractivity contribution is 5.83. The number of aryl methyl sites for hydroxylation is 2. The number of fused-ring (bicyclic) bond motifs is 1. The molecule has 0 saturated heterocycles. The lowest BCUT2D eigenvalue weighted by molar-refractivity contribution is -0.122. The Labute approximate surface area is 158 Å². The molecule has 138 valence electrons. The molecule has 4 rings (SSSR count). The Morgan fingerprint density at radius 3 is 2.44 bits per heavy atom. The first-order valence-corrected chi connectivity index (χ1v) is 9.35. The van der Waals surface area contributed by atoms with Crippen molar-refractivity contribution in [2.45, 2.75) is 39.3 Å². The summed E-state index contributed by atoms with van der Waals surface area (Å²) in [5, 5.41) is 8.88. The molecule has 1 aliphatic rings. The average Bonchev–Trinajstić information content (AvgIpc) is 3.50. The second-order valence-electron chi connectivity index (χ2n) is 7.39. The topological polar surface area (TPSA) is 64.0 Å². The van der Waals surface area contributed by atoms with Gasteiger partial charge in [-0.3, -0.25) is 9.59 Å². The minimum absolute atomic E-state index is 0.00430. The monoisotopic (exact) mass is 361 g/mol. The van der Waals surface area contributed by atoms with Gasteiger partial charge >= 0.3 is 0 Å². The predicted molar refractivity (Wildman–Crippen MR) is 106 cm³/mol. The van der Waals surface area contributed by atoms with Gasteiger partial charge in [-0.2, -0.15) is 5.10 Å². The molecule has 1 saturated carbocycles. The van der Waals surface area contributed by atoms with Crippen molar-refractivity contribution >= 4 is 16.7 Å². The van der Waals surface area contributed by atoms with Gasteiger partial charge in [-0.25, -0.2) is 4.68 Å². The summed E-state index contributed by atoms with van der Waals surface area (Å²) >= 11 is 0. The molecule has 1 amide bonds. The zero-order chi connectivity index (χ0) is 19.0. The number of amides is 1. The molecule has 2 aromatic carbocycles. The summed E-state index contributed by atoms with van der Waals surface area (Å²) in [6, 6.07) is 15.6. The highest BCUT2D eigenvalue weighted by Gasteiger charge is 2.33. The third kappa shape index (κ3) is 3.63. The van der Waals surface area contributed by atoms with Gasteiger partial charge in [0.25, 0.3) is 5.56 Å². The molecule has 1 atom stereocenters. The highest BCUT2D eigenvalue weighted by Crippen LogP contribution is 2.41. The largest absolute Gasteiger partial charge is 0.347 e. The van der Waals surface area contributed by atoms with Gasteiger partial charge in [0.1, 0.15) is 6.54 Å². The van der Waals surface area contributed by atoms with Gasteiger partial charge in [0.15, 0.2) is 0 Å². The van der Waals surface area contributed by atoms with Crippen LogP contribution in [0.3, 0.4) is 0 Å². The SMILES string of the molecule is Cc1ccc(C(NC(=O)Cn2nc(C)c3ccccc3c2=O)C2CC2)cc1. The van der Waals surface area contributed by atoms with Crippen LogP contribution in [0.5, 0.6) is 0 Å². The molecule has 1 fully saturated rings. The smallest absolute Gasteiger partial charge is 0.275 e. The summed E-state index contributed by atoms with van der Waals surface area (Å²) < 4.78 is 1.27. The van der Waals surface area contributed by atoms with E-state index in [0.29, 0.717) is 11.3 Å². The van der Waals surface area contributed by atoms with E-state index in [4.69, 9.17) is 0 Å². The van der Waals surface area contributed by atoms with Gasteiger partial charge in [-0.15, -0.1) is 0 Å². The minimum atomic E-state index is -0.232. The molecule has 1 N–H and O–H groups in total. The number of hydrogen-bond donors (Lipinski definition) is 1. The summed E-state index contributed by atoms with van der Waals surface area (Å²) in [6.07, 6.45) is 2.23. The Morgan fingerprint density at radius 2 is 1.78 bits per heavy atom. The van der Waals surface area contributed by atoms with Crippen molar-refractivity contribution in [2.75, 3.05) is 0 Å². The first-order chi connectivity index (χ1) is 13.0. The summed E-state index contributed by atoms with van der Waals surface area (Å²) in [5.41, 5.74) is 2.83. The lowest BCUT2D eigenvalue weighted by Crippen LogP contribution is -2.36. The summed E-state index contributed by atoms with van der Waals surface area (Å²) in [7, 11) is 0. The lowest BCUT2D eigenvalue weighted by atomic mass is 10.0. The van der Waals surface area contributed by atoms with E-state index < -0.39 is 0 Å². The molecule has 5 nitrogen and oxygen atoms in total. The van der Waals surface area contributed by atoms with Crippen LogP contribution in [-0.2, 0) is 11.3 Å². The number of carbonyl (C=O) groups is 1. The number of nitrogens with zero attached hydrogens (tertiary/aromatic N) is 2.